The summed E-state index contributed by atoms with van der Waals surface area (Å²) in [5.41, 5.74) is 1.89. The maximum Gasteiger partial charge on any atom is 0.240 e. The van der Waals surface area contributed by atoms with Crippen molar-refractivity contribution >= 4 is 17.0 Å². The van der Waals surface area contributed by atoms with Gasteiger partial charge in [0.2, 0.25) is 5.91 Å². The average molecular weight is 269 g/mol. The molecule has 102 valence electrons. The number of aromatic nitrogens is 1. The molecule has 1 saturated carbocycles. The molecule has 1 fully saturated rings. The molecule has 1 aromatic heterocycles. The summed E-state index contributed by atoms with van der Waals surface area (Å²) in [5, 5.41) is 11.9. The van der Waals surface area contributed by atoms with Crippen molar-refractivity contribution in [2.75, 3.05) is 6.54 Å². The molecule has 1 aromatic carbocycles. The van der Waals surface area contributed by atoms with Crippen LogP contribution in [0.2, 0.25) is 0 Å². The quantitative estimate of drug-likeness (QED) is 0.922. The molecule has 0 atom stereocenters. The smallest absolute Gasteiger partial charge is 0.240 e. The van der Waals surface area contributed by atoms with Gasteiger partial charge in [-0.2, -0.15) is 5.26 Å². The van der Waals surface area contributed by atoms with Crippen molar-refractivity contribution < 1.29 is 9.21 Å². The lowest BCUT2D eigenvalue weighted by atomic mass is 9.69. The number of rotatable bonds is 4. The van der Waals surface area contributed by atoms with Crippen LogP contribution in [0.5, 0.6) is 0 Å². The summed E-state index contributed by atoms with van der Waals surface area (Å²) in [4.78, 5) is 16.0. The highest BCUT2D eigenvalue weighted by Crippen LogP contribution is 2.40. The van der Waals surface area contributed by atoms with Crippen molar-refractivity contribution in [1.82, 2.24) is 10.3 Å². The molecule has 0 spiro atoms. The highest BCUT2D eigenvalue weighted by molar-refractivity contribution is 5.86. The Balaban J connectivity index is 1.57. The van der Waals surface area contributed by atoms with Crippen molar-refractivity contribution in [2.24, 2.45) is 5.41 Å². The van der Waals surface area contributed by atoms with E-state index in [1.807, 2.05) is 18.2 Å². The van der Waals surface area contributed by atoms with E-state index in [2.05, 4.69) is 16.4 Å². The van der Waals surface area contributed by atoms with E-state index >= 15 is 0 Å². The molecule has 0 radical (unpaired) electrons. The van der Waals surface area contributed by atoms with Crippen molar-refractivity contribution in [3.63, 3.8) is 0 Å². The molecule has 1 heterocycles. The van der Waals surface area contributed by atoms with Gasteiger partial charge in [0, 0.05) is 6.54 Å². The Bertz CT molecular complexity index is 680. The number of carbonyl (C=O) groups is 1. The van der Waals surface area contributed by atoms with E-state index in [1.54, 1.807) is 0 Å². The molecule has 0 unspecified atom stereocenters. The number of hydrogen-bond donors (Lipinski definition) is 1. The summed E-state index contributed by atoms with van der Waals surface area (Å²) < 4.78 is 5.24. The van der Waals surface area contributed by atoms with Gasteiger partial charge in [0.1, 0.15) is 10.9 Å². The third-order valence-corrected chi connectivity index (χ3v) is 3.95. The number of amides is 1. The number of carbonyl (C=O) groups excluding carboxylic acids is 1. The standard InChI is InChI=1S/C15H15N3O2/c16-9-15(5-1-6-15)14(19)17-7-4-11-2-3-12-13(8-11)20-10-18-12/h2-3,8,10H,1,4-7H2,(H,17,19). The number of benzene rings is 1. The fourth-order valence-electron chi connectivity index (χ4n) is 2.46. The highest BCUT2D eigenvalue weighted by Gasteiger charge is 2.44. The molecule has 0 saturated heterocycles. The molecule has 1 N–H and O–H groups in total. The number of hydrogen-bond acceptors (Lipinski definition) is 4. The molecule has 2 aromatic rings. The largest absolute Gasteiger partial charge is 0.443 e. The van der Waals surface area contributed by atoms with Gasteiger partial charge in [-0.15, -0.1) is 0 Å². The van der Waals surface area contributed by atoms with Crippen molar-refractivity contribution in [2.45, 2.75) is 25.7 Å². The fourth-order valence-corrected chi connectivity index (χ4v) is 2.46. The maximum absolute atomic E-state index is 12.0. The van der Waals surface area contributed by atoms with E-state index in [4.69, 9.17) is 9.68 Å². The van der Waals surface area contributed by atoms with Gasteiger partial charge in [-0.3, -0.25) is 4.79 Å². The molecule has 1 aliphatic carbocycles. The van der Waals surface area contributed by atoms with Gasteiger partial charge >= 0.3 is 0 Å². The van der Waals surface area contributed by atoms with Crippen LogP contribution in [0.3, 0.4) is 0 Å². The molecule has 5 nitrogen and oxygen atoms in total. The minimum absolute atomic E-state index is 0.132. The van der Waals surface area contributed by atoms with Crippen LogP contribution in [0.4, 0.5) is 0 Å². The van der Waals surface area contributed by atoms with Gasteiger partial charge < -0.3 is 9.73 Å². The normalized spacial score (nSPS) is 16.4. The van der Waals surface area contributed by atoms with Gasteiger partial charge in [-0.1, -0.05) is 6.07 Å². The highest BCUT2D eigenvalue weighted by atomic mass is 16.3. The van der Waals surface area contributed by atoms with Crippen LogP contribution >= 0.6 is 0 Å². The molecule has 5 heteroatoms. The molecule has 3 rings (SSSR count). The second-order valence-corrected chi connectivity index (χ2v) is 5.21. The van der Waals surface area contributed by atoms with Crippen LogP contribution in [0.15, 0.2) is 29.0 Å². The second kappa shape index (κ2) is 4.97. The van der Waals surface area contributed by atoms with Crippen LogP contribution in [-0.2, 0) is 11.2 Å². The summed E-state index contributed by atoms with van der Waals surface area (Å²) in [6.45, 7) is 0.530. The van der Waals surface area contributed by atoms with Gasteiger partial charge in [0.25, 0.3) is 0 Å². The van der Waals surface area contributed by atoms with Gasteiger partial charge in [0.15, 0.2) is 12.0 Å². The summed E-state index contributed by atoms with van der Waals surface area (Å²) in [5.74, 6) is -0.132. The predicted octanol–water partition coefficient (Wildman–Crippen LogP) is 2.18. The Hall–Kier alpha value is -2.35. The zero-order chi connectivity index (χ0) is 14.0. The van der Waals surface area contributed by atoms with Crippen LogP contribution in [0.25, 0.3) is 11.1 Å². The van der Waals surface area contributed by atoms with E-state index in [0.717, 1.165) is 23.1 Å². The first-order chi connectivity index (χ1) is 9.73. The van der Waals surface area contributed by atoms with Crippen molar-refractivity contribution in [1.29, 1.82) is 5.26 Å². The number of oxazole rings is 1. The lowest BCUT2D eigenvalue weighted by Gasteiger charge is -2.33. The van der Waals surface area contributed by atoms with Gasteiger partial charge in [-0.05, 0) is 43.4 Å². The summed E-state index contributed by atoms with van der Waals surface area (Å²) in [6.07, 6.45) is 4.45. The fraction of sp³-hybridized carbons (Fsp3) is 0.400. The third kappa shape index (κ3) is 2.14. The Kier molecular flexibility index (Phi) is 3.15. The Morgan fingerprint density at radius 3 is 3.05 bits per heavy atom. The molecule has 1 amide bonds. The summed E-state index contributed by atoms with van der Waals surface area (Å²) in [7, 11) is 0. The van der Waals surface area contributed by atoms with E-state index in [0.29, 0.717) is 25.8 Å². The third-order valence-electron chi connectivity index (χ3n) is 3.95. The topological polar surface area (TPSA) is 78.9 Å². The van der Waals surface area contributed by atoms with E-state index in [9.17, 15) is 4.79 Å². The number of fused-ring (bicyclic) bond motifs is 1. The number of nitrogens with one attached hydrogen (secondary N) is 1. The SMILES string of the molecule is N#CC1(C(=O)NCCc2ccc3ncoc3c2)CCC1. The molecule has 0 bridgehead atoms. The molecule has 20 heavy (non-hydrogen) atoms. The summed E-state index contributed by atoms with van der Waals surface area (Å²) in [6, 6.07) is 7.95. The van der Waals surface area contributed by atoms with E-state index in [1.165, 1.54) is 6.39 Å². The minimum Gasteiger partial charge on any atom is -0.443 e. The average Bonchev–Trinajstić information content (AvgIpc) is 2.85. The monoisotopic (exact) mass is 269 g/mol. The molecular weight excluding hydrogens is 254 g/mol. The first kappa shape index (κ1) is 12.7. The lowest BCUT2D eigenvalue weighted by molar-refractivity contribution is -0.131. The Labute approximate surface area is 116 Å². The summed E-state index contributed by atoms with van der Waals surface area (Å²) >= 11 is 0. The van der Waals surface area contributed by atoms with Gasteiger partial charge in [-0.25, -0.2) is 4.98 Å². The van der Waals surface area contributed by atoms with Crippen LogP contribution in [0.1, 0.15) is 24.8 Å². The lowest BCUT2D eigenvalue weighted by Crippen LogP contribution is -2.45. The van der Waals surface area contributed by atoms with E-state index < -0.39 is 5.41 Å². The van der Waals surface area contributed by atoms with Crippen LogP contribution < -0.4 is 5.32 Å². The number of nitriles is 1. The Morgan fingerprint density at radius 2 is 2.35 bits per heavy atom. The first-order valence-corrected chi connectivity index (χ1v) is 6.75. The number of nitrogens with zero attached hydrogens (tertiary/aromatic N) is 2. The first-order valence-electron chi connectivity index (χ1n) is 6.75. The zero-order valence-corrected chi connectivity index (χ0v) is 11.1. The Morgan fingerprint density at radius 1 is 1.50 bits per heavy atom. The minimum atomic E-state index is -0.769. The molecular formula is C15H15N3O2. The second-order valence-electron chi connectivity index (χ2n) is 5.21. The van der Waals surface area contributed by atoms with E-state index in [-0.39, 0.29) is 5.91 Å². The van der Waals surface area contributed by atoms with Crippen LogP contribution in [-0.4, -0.2) is 17.4 Å². The maximum atomic E-state index is 12.0. The van der Waals surface area contributed by atoms with Crippen molar-refractivity contribution in [3.05, 3.63) is 30.2 Å². The van der Waals surface area contributed by atoms with Gasteiger partial charge in [0.05, 0.1) is 6.07 Å². The van der Waals surface area contributed by atoms with Crippen molar-refractivity contribution in [3.8, 4) is 6.07 Å². The van der Waals surface area contributed by atoms with Crippen LogP contribution in [0, 0.1) is 16.7 Å². The zero-order valence-electron chi connectivity index (χ0n) is 11.1. The molecule has 0 aliphatic heterocycles. The molecule has 1 aliphatic rings. The predicted molar refractivity (Wildman–Crippen MR) is 72.6 cm³/mol.